The average Bonchev–Trinajstić information content (AvgIpc) is 3.18. The number of carbonyl (C=O) groups is 2. The van der Waals surface area contributed by atoms with Gasteiger partial charge in [-0.1, -0.05) is 0 Å². The van der Waals surface area contributed by atoms with Crippen LogP contribution in [-0.2, 0) is 14.3 Å². The predicted octanol–water partition coefficient (Wildman–Crippen LogP) is -0.554. The highest BCUT2D eigenvalue weighted by Crippen LogP contribution is 2.17. The van der Waals surface area contributed by atoms with Crippen LogP contribution in [-0.4, -0.2) is 73.6 Å². The first kappa shape index (κ1) is 13.8. The van der Waals surface area contributed by atoms with Crippen molar-refractivity contribution in [2.75, 3.05) is 45.9 Å². The van der Waals surface area contributed by atoms with Gasteiger partial charge in [0.05, 0.1) is 5.92 Å². The number of nitrogens with one attached hydrogen (secondary N) is 1. The summed E-state index contributed by atoms with van der Waals surface area (Å²) in [6, 6.07) is 0. The summed E-state index contributed by atoms with van der Waals surface area (Å²) in [5.41, 5.74) is 0. The maximum absolute atomic E-state index is 12.3. The summed E-state index contributed by atoms with van der Waals surface area (Å²) < 4.78 is 5.44. The van der Waals surface area contributed by atoms with Gasteiger partial charge < -0.3 is 19.9 Å². The number of rotatable bonds is 2. The van der Waals surface area contributed by atoms with E-state index in [1.165, 1.54) is 0 Å². The third-order valence-electron chi connectivity index (χ3n) is 4.52. The van der Waals surface area contributed by atoms with Crippen LogP contribution in [0.15, 0.2) is 0 Å². The van der Waals surface area contributed by atoms with Gasteiger partial charge in [-0.15, -0.1) is 0 Å². The van der Waals surface area contributed by atoms with E-state index in [4.69, 9.17) is 4.74 Å². The molecule has 0 aromatic heterocycles. The van der Waals surface area contributed by atoms with Crippen LogP contribution in [0.5, 0.6) is 0 Å². The molecule has 0 saturated carbocycles. The Morgan fingerprint density at radius 3 is 2.25 bits per heavy atom. The van der Waals surface area contributed by atoms with Crippen molar-refractivity contribution in [3.63, 3.8) is 0 Å². The minimum atomic E-state index is -0.240. The van der Waals surface area contributed by atoms with Crippen molar-refractivity contribution < 1.29 is 14.3 Å². The molecule has 0 spiro atoms. The highest BCUT2D eigenvalue weighted by atomic mass is 16.5. The van der Waals surface area contributed by atoms with Crippen molar-refractivity contribution in [1.82, 2.24) is 15.1 Å². The van der Waals surface area contributed by atoms with Crippen molar-refractivity contribution in [3.05, 3.63) is 0 Å². The summed E-state index contributed by atoms with van der Waals surface area (Å²) in [4.78, 5) is 28.3. The highest BCUT2D eigenvalue weighted by molar-refractivity contribution is 5.82. The minimum Gasteiger partial charge on any atom is -0.368 e. The molecule has 6 nitrogen and oxygen atoms in total. The van der Waals surface area contributed by atoms with Crippen LogP contribution in [0.4, 0.5) is 0 Å². The maximum atomic E-state index is 12.3. The topological polar surface area (TPSA) is 61.9 Å². The molecular formula is C14H23N3O3. The number of hydrogen-bond acceptors (Lipinski definition) is 4. The lowest BCUT2D eigenvalue weighted by molar-refractivity contribution is -0.147. The Bertz CT molecular complexity index is 332. The van der Waals surface area contributed by atoms with Crippen LogP contribution in [0.25, 0.3) is 0 Å². The normalized spacial score (nSPS) is 30.8. The van der Waals surface area contributed by atoms with Crippen molar-refractivity contribution in [2.45, 2.75) is 25.4 Å². The van der Waals surface area contributed by atoms with Gasteiger partial charge in [0.2, 0.25) is 5.91 Å². The first-order valence-corrected chi connectivity index (χ1v) is 7.65. The lowest BCUT2D eigenvalue weighted by Gasteiger charge is -2.36. The molecule has 112 valence electrons. The van der Waals surface area contributed by atoms with Gasteiger partial charge in [0.15, 0.2) is 0 Å². The van der Waals surface area contributed by atoms with Gasteiger partial charge in [-0.25, -0.2) is 0 Å². The van der Waals surface area contributed by atoms with Crippen LogP contribution >= 0.6 is 0 Å². The Morgan fingerprint density at radius 1 is 1.00 bits per heavy atom. The number of carbonyl (C=O) groups excluding carboxylic acids is 2. The summed E-state index contributed by atoms with van der Waals surface area (Å²) in [6.07, 6.45) is 2.51. The zero-order valence-corrected chi connectivity index (χ0v) is 11.8. The molecule has 3 aliphatic rings. The molecule has 3 heterocycles. The second-order valence-corrected chi connectivity index (χ2v) is 5.84. The summed E-state index contributed by atoms with van der Waals surface area (Å²) in [5, 5.41) is 3.23. The van der Waals surface area contributed by atoms with Crippen LogP contribution in [0.1, 0.15) is 19.3 Å². The third kappa shape index (κ3) is 2.81. The molecule has 1 N–H and O–H groups in total. The Hall–Kier alpha value is -1.14. The second-order valence-electron chi connectivity index (χ2n) is 5.84. The quantitative estimate of drug-likeness (QED) is 0.737. The van der Waals surface area contributed by atoms with Gasteiger partial charge >= 0.3 is 0 Å². The first-order valence-electron chi connectivity index (χ1n) is 7.65. The van der Waals surface area contributed by atoms with Crippen LogP contribution in [0, 0.1) is 5.92 Å². The molecule has 0 aliphatic carbocycles. The van der Waals surface area contributed by atoms with E-state index in [2.05, 4.69) is 5.32 Å². The van der Waals surface area contributed by atoms with Crippen LogP contribution in [0.2, 0.25) is 0 Å². The van der Waals surface area contributed by atoms with E-state index in [0.29, 0.717) is 32.8 Å². The van der Waals surface area contributed by atoms with E-state index in [1.54, 1.807) is 0 Å². The van der Waals surface area contributed by atoms with Crippen molar-refractivity contribution >= 4 is 11.8 Å². The van der Waals surface area contributed by atoms with Gasteiger partial charge in [-0.2, -0.15) is 0 Å². The predicted molar refractivity (Wildman–Crippen MR) is 73.1 cm³/mol. The van der Waals surface area contributed by atoms with Gasteiger partial charge in [0.25, 0.3) is 5.91 Å². The molecule has 0 aromatic carbocycles. The largest absolute Gasteiger partial charge is 0.368 e. The van der Waals surface area contributed by atoms with Gasteiger partial charge in [0.1, 0.15) is 6.10 Å². The minimum absolute atomic E-state index is 0.108. The van der Waals surface area contributed by atoms with E-state index in [9.17, 15) is 9.59 Å². The lowest BCUT2D eigenvalue weighted by atomic mass is 10.1. The van der Waals surface area contributed by atoms with Crippen molar-refractivity contribution in [3.8, 4) is 0 Å². The fourth-order valence-electron chi connectivity index (χ4n) is 3.25. The standard InChI is InChI=1S/C14H23N3O3/c18-13(11-3-4-15-10-11)16-5-7-17(8-6-16)14(19)12-2-1-9-20-12/h11-12,15H,1-10H2. The first-order chi connectivity index (χ1) is 9.75. The van der Waals surface area contributed by atoms with Crippen LogP contribution in [0.3, 0.4) is 0 Å². The summed E-state index contributed by atoms with van der Waals surface area (Å²) >= 11 is 0. The van der Waals surface area contributed by atoms with E-state index in [1.807, 2.05) is 9.80 Å². The molecule has 2 atom stereocenters. The Balaban J connectivity index is 1.48. The average molecular weight is 281 g/mol. The van der Waals surface area contributed by atoms with E-state index < -0.39 is 0 Å². The Morgan fingerprint density at radius 2 is 1.70 bits per heavy atom. The number of nitrogens with zero attached hydrogens (tertiary/aromatic N) is 2. The SMILES string of the molecule is O=C(C1CCNC1)N1CCN(C(=O)C2CCCO2)CC1. The fraction of sp³-hybridized carbons (Fsp3) is 0.857. The lowest BCUT2D eigenvalue weighted by Crippen LogP contribution is -2.54. The van der Waals surface area contributed by atoms with E-state index >= 15 is 0 Å². The summed E-state index contributed by atoms with van der Waals surface area (Å²) in [6.45, 7) is 5.04. The zero-order valence-electron chi connectivity index (χ0n) is 11.8. The maximum Gasteiger partial charge on any atom is 0.251 e. The Labute approximate surface area is 119 Å². The van der Waals surface area contributed by atoms with E-state index in [-0.39, 0.29) is 23.8 Å². The molecule has 3 aliphatic heterocycles. The molecule has 20 heavy (non-hydrogen) atoms. The summed E-state index contributed by atoms with van der Waals surface area (Å²) in [5.74, 6) is 0.492. The molecule has 0 bridgehead atoms. The van der Waals surface area contributed by atoms with Crippen molar-refractivity contribution in [2.24, 2.45) is 5.92 Å². The number of piperazine rings is 1. The van der Waals surface area contributed by atoms with E-state index in [0.717, 1.165) is 32.4 Å². The second kappa shape index (κ2) is 6.10. The molecule has 2 unspecified atom stereocenters. The Kier molecular flexibility index (Phi) is 4.21. The smallest absolute Gasteiger partial charge is 0.251 e. The zero-order chi connectivity index (χ0) is 13.9. The van der Waals surface area contributed by atoms with Crippen LogP contribution < -0.4 is 5.32 Å². The van der Waals surface area contributed by atoms with Gasteiger partial charge in [0, 0.05) is 39.3 Å². The highest BCUT2D eigenvalue weighted by Gasteiger charge is 2.33. The van der Waals surface area contributed by atoms with Gasteiger partial charge in [-0.05, 0) is 25.8 Å². The molecule has 3 rings (SSSR count). The number of hydrogen-bond donors (Lipinski definition) is 1. The van der Waals surface area contributed by atoms with Crippen molar-refractivity contribution in [1.29, 1.82) is 0 Å². The molecule has 0 radical (unpaired) electrons. The molecule has 3 saturated heterocycles. The molecule has 0 aromatic rings. The molecule has 6 heteroatoms. The molecular weight excluding hydrogens is 258 g/mol. The molecule has 2 amide bonds. The number of ether oxygens (including phenoxy) is 1. The monoisotopic (exact) mass is 281 g/mol. The fourth-order valence-corrected chi connectivity index (χ4v) is 3.25. The van der Waals surface area contributed by atoms with Gasteiger partial charge in [-0.3, -0.25) is 9.59 Å². The summed E-state index contributed by atoms with van der Waals surface area (Å²) in [7, 11) is 0. The molecule has 3 fully saturated rings. The third-order valence-corrected chi connectivity index (χ3v) is 4.52. The number of amides is 2.